The standard InChI is InChI=1S/C16H13Cl2N3O/c1-9-20-14-5-2-10(6-15(14)21-9)8-19-16(22)12-4-3-11(17)7-13(12)18/h2-7H,8H2,1H3,(H,19,22)(H,20,21). The number of carbonyl (C=O) groups is 1. The summed E-state index contributed by atoms with van der Waals surface area (Å²) in [7, 11) is 0. The maximum absolute atomic E-state index is 12.2. The van der Waals surface area contributed by atoms with Crippen LogP contribution in [0.15, 0.2) is 36.4 Å². The van der Waals surface area contributed by atoms with Crippen LogP contribution in [0.3, 0.4) is 0 Å². The molecule has 4 nitrogen and oxygen atoms in total. The second kappa shape index (κ2) is 5.99. The summed E-state index contributed by atoms with van der Waals surface area (Å²) in [6, 6.07) is 10.6. The number of aromatic amines is 1. The normalized spacial score (nSPS) is 10.9. The molecule has 2 N–H and O–H groups in total. The van der Waals surface area contributed by atoms with Gasteiger partial charge in [-0.15, -0.1) is 0 Å². The van der Waals surface area contributed by atoms with Gasteiger partial charge in [0.2, 0.25) is 0 Å². The first-order valence-corrected chi connectivity index (χ1v) is 7.47. The molecular formula is C16H13Cl2N3O. The SMILES string of the molecule is Cc1nc2ccc(CNC(=O)c3ccc(Cl)cc3Cl)cc2[nH]1. The molecule has 0 spiro atoms. The van der Waals surface area contributed by atoms with E-state index in [0.717, 1.165) is 22.4 Å². The van der Waals surface area contributed by atoms with Crippen molar-refractivity contribution in [2.75, 3.05) is 0 Å². The van der Waals surface area contributed by atoms with Crippen LogP contribution in [0.25, 0.3) is 11.0 Å². The smallest absolute Gasteiger partial charge is 0.253 e. The molecule has 1 heterocycles. The molecule has 2 aromatic carbocycles. The molecule has 1 amide bonds. The molecule has 0 aliphatic rings. The van der Waals surface area contributed by atoms with Crippen LogP contribution in [-0.2, 0) is 6.54 Å². The third kappa shape index (κ3) is 3.08. The molecule has 1 aromatic heterocycles. The van der Waals surface area contributed by atoms with Gasteiger partial charge in [-0.05, 0) is 42.8 Å². The van der Waals surface area contributed by atoms with E-state index in [9.17, 15) is 4.79 Å². The van der Waals surface area contributed by atoms with Crippen LogP contribution in [0.2, 0.25) is 10.0 Å². The number of carbonyl (C=O) groups excluding carboxylic acids is 1. The molecule has 0 saturated heterocycles. The van der Waals surface area contributed by atoms with E-state index in [0.29, 0.717) is 22.2 Å². The maximum atomic E-state index is 12.2. The molecule has 3 aromatic rings. The third-order valence-corrected chi connectivity index (χ3v) is 3.84. The average molecular weight is 334 g/mol. The Morgan fingerprint density at radius 2 is 2.05 bits per heavy atom. The number of H-pyrrole nitrogens is 1. The highest BCUT2D eigenvalue weighted by molar-refractivity contribution is 6.36. The molecule has 112 valence electrons. The number of imidazole rings is 1. The van der Waals surface area contributed by atoms with Gasteiger partial charge in [-0.2, -0.15) is 0 Å². The van der Waals surface area contributed by atoms with E-state index >= 15 is 0 Å². The van der Waals surface area contributed by atoms with Crippen molar-refractivity contribution < 1.29 is 4.79 Å². The summed E-state index contributed by atoms with van der Waals surface area (Å²) in [4.78, 5) is 19.7. The lowest BCUT2D eigenvalue weighted by atomic mass is 10.1. The van der Waals surface area contributed by atoms with Gasteiger partial charge in [-0.25, -0.2) is 4.98 Å². The number of amides is 1. The molecule has 0 atom stereocenters. The molecule has 6 heteroatoms. The lowest BCUT2D eigenvalue weighted by Crippen LogP contribution is -2.23. The van der Waals surface area contributed by atoms with Gasteiger partial charge in [-0.3, -0.25) is 4.79 Å². The first-order chi connectivity index (χ1) is 10.5. The number of aromatic nitrogens is 2. The monoisotopic (exact) mass is 333 g/mol. The minimum Gasteiger partial charge on any atom is -0.348 e. The minimum atomic E-state index is -0.234. The highest BCUT2D eigenvalue weighted by Crippen LogP contribution is 2.21. The van der Waals surface area contributed by atoms with Crippen LogP contribution in [0.4, 0.5) is 0 Å². The highest BCUT2D eigenvalue weighted by Gasteiger charge is 2.10. The summed E-state index contributed by atoms with van der Waals surface area (Å²) < 4.78 is 0. The molecule has 0 unspecified atom stereocenters. The lowest BCUT2D eigenvalue weighted by Gasteiger charge is -2.07. The summed E-state index contributed by atoms with van der Waals surface area (Å²) in [5.41, 5.74) is 3.25. The fourth-order valence-electron chi connectivity index (χ4n) is 2.25. The number of rotatable bonds is 3. The summed E-state index contributed by atoms with van der Waals surface area (Å²) in [6.45, 7) is 2.32. The van der Waals surface area contributed by atoms with Crippen molar-refractivity contribution in [1.29, 1.82) is 0 Å². The van der Waals surface area contributed by atoms with Gasteiger partial charge in [0.1, 0.15) is 5.82 Å². The Morgan fingerprint density at radius 3 is 2.82 bits per heavy atom. The molecular weight excluding hydrogens is 321 g/mol. The van der Waals surface area contributed by atoms with Gasteiger partial charge in [0.05, 0.1) is 21.6 Å². The first kappa shape index (κ1) is 14.9. The molecule has 0 fully saturated rings. The van der Waals surface area contributed by atoms with Crippen LogP contribution in [0.1, 0.15) is 21.7 Å². The van der Waals surface area contributed by atoms with Crippen molar-refractivity contribution >= 4 is 40.1 Å². The second-order valence-corrected chi connectivity index (χ2v) is 5.82. The Kier molecular flexibility index (Phi) is 4.05. The van der Waals surface area contributed by atoms with E-state index in [1.165, 1.54) is 0 Å². The van der Waals surface area contributed by atoms with E-state index in [-0.39, 0.29) is 5.91 Å². The number of halogens is 2. The van der Waals surface area contributed by atoms with Crippen LogP contribution < -0.4 is 5.32 Å². The Morgan fingerprint density at radius 1 is 1.23 bits per heavy atom. The van der Waals surface area contributed by atoms with Crippen LogP contribution in [-0.4, -0.2) is 15.9 Å². The molecule has 0 saturated carbocycles. The largest absolute Gasteiger partial charge is 0.348 e. The number of fused-ring (bicyclic) bond motifs is 1. The fraction of sp³-hybridized carbons (Fsp3) is 0.125. The Hall–Kier alpha value is -2.04. The number of nitrogens with zero attached hydrogens (tertiary/aromatic N) is 1. The van der Waals surface area contributed by atoms with E-state index in [1.807, 2.05) is 25.1 Å². The van der Waals surface area contributed by atoms with E-state index in [2.05, 4.69) is 15.3 Å². The van der Waals surface area contributed by atoms with Gasteiger partial charge in [0.15, 0.2) is 0 Å². The summed E-state index contributed by atoms with van der Waals surface area (Å²) in [5, 5.41) is 3.69. The van der Waals surface area contributed by atoms with Gasteiger partial charge < -0.3 is 10.3 Å². The zero-order chi connectivity index (χ0) is 15.7. The van der Waals surface area contributed by atoms with Crippen molar-refractivity contribution in [2.24, 2.45) is 0 Å². The van der Waals surface area contributed by atoms with Crippen molar-refractivity contribution in [3.05, 3.63) is 63.4 Å². The summed E-state index contributed by atoms with van der Waals surface area (Å²) in [5.74, 6) is 0.631. The molecule has 3 rings (SSSR count). The maximum Gasteiger partial charge on any atom is 0.253 e. The van der Waals surface area contributed by atoms with E-state index in [4.69, 9.17) is 23.2 Å². The van der Waals surface area contributed by atoms with E-state index < -0.39 is 0 Å². The fourth-order valence-corrected chi connectivity index (χ4v) is 2.74. The summed E-state index contributed by atoms with van der Waals surface area (Å²) >= 11 is 11.9. The van der Waals surface area contributed by atoms with Gasteiger partial charge >= 0.3 is 0 Å². The molecule has 0 radical (unpaired) electrons. The Balaban J connectivity index is 1.74. The minimum absolute atomic E-state index is 0.234. The zero-order valence-electron chi connectivity index (χ0n) is 11.8. The average Bonchev–Trinajstić information content (AvgIpc) is 2.84. The van der Waals surface area contributed by atoms with Crippen LogP contribution in [0.5, 0.6) is 0 Å². The van der Waals surface area contributed by atoms with Gasteiger partial charge in [0, 0.05) is 11.6 Å². The van der Waals surface area contributed by atoms with Crippen LogP contribution in [0, 0.1) is 6.92 Å². The lowest BCUT2D eigenvalue weighted by molar-refractivity contribution is 0.0951. The quantitative estimate of drug-likeness (QED) is 0.757. The number of hydrogen-bond acceptors (Lipinski definition) is 2. The van der Waals surface area contributed by atoms with E-state index in [1.54, 1.807) is 18.2 Å². The van der Waals surface area contributed by atoms with Crippen molar-refractivity contribution in [3.8, 4) is 0 Å². The van der Waals surface area contributed by atoms with Gasteiger partial charge in [-0.1, -0.05) is 29.3 Å². The number of hydrogen-bond donors (Lipinski definition) is 2. The topological polar surface area (TPSA) is 57.8 Å². The Bertz CT molecular complexity index is 858. The Labute approximate surface area is 137 Å². The van der Waals surface area contributed by atoms with Crippen LogP contribution >= 0.6 is 23.2 Å². The molecule has 0 aliphatic heterocycles. The molecule has 0 aliphatic carbocycles. The number of aryl methyl sites for hydroxylation is 1. The third-order valence-electron chi connectivity index (χ3n) is 3.29. The molecule has 22 heavy (non-hydrogen) atoms. The second-order valence-electron chi connectivity index (χ2n) is 4.98. The first-order valence-electron chi connectivity index (χ1n) is 6.71. The van der Waals surface area contributed by atoms with Crippen molar-refractivity contribution in [3.63, 3.8) is 0 Å². The highest BCUT2D eigenvalue weighted by atomic mass is 35.5. The zero-order valence-corrected chi connectivity index (χ0v) is 13.3. The number of nitrogens with one attached hydrogen (secondary N) is 2. The number of benzene rings is 2. The van der Waals surface area contributed by atoms with Crippen molar-refractivity contribution in [2.45, 2.75) is 13.5 Å². The molecule has 0 bridgehead atoms. The predicted octanol–water partition coefficient (Wildman–Crippen LogP) is 4.11. The predicted molar refractivity (Wildman–Crippen MR) is 88.5 cm³/mol. The van der Waals surface area contributed by atoms with Crippen molar-refractivity contribution in [1.82, 2.24) is 15.3 Å². The summed E-state index contributed by atoms with van der Waals surface area (Å²) in [6.07, 6.45) is 0. The van der Waals surface area contributed by atoms with Gasteiger partial charge in [0.25, 0.3) is 5.91 Å².